The van der Waals surface area contributed by atoms with Crippen LogP contribution in [0.4, 0.5) is 10.1 Å². The molecule has 0 fully saturated rings. The molecule has 1 N–H and O–H groups in total. The quantitative estimate of drug-likeness (QED) is 0.200. The lowest BCUT2D eigenvalue weighted by molar-refractivity contribution is -0.140. The summed E-state index contributed by atoms with van der Waals surface area (Å²) in [5, 5.41) is 2.92. The maximum atomic E-state index is 15.0. The maximum Gasteiger partial charge on any atom is 0.264 e. The van der Waals surface area contributed by atoms with Crippen LogP contribution in [0, 0.1) is 11.7 Å². The molecule has 0 aliphatic rings. The minimum atomic E-state index is -4.24. The van der Waals surface area contributed by atoms with E-state index in [1.165, 1.54) is 30.2 Å². The van der Waals surface area contributed by atoms with Gasteiger partial charge in [-0.2, -0.15) is 0 Å². The molecule has 45 heavy (non-hydrogen) atoms. The molecule has 0 aliphatic heterocycles. The Balaban J connectivity index is 1.80. The van der Waals surface area contributed by atoms with Crippen LogP contribution >= 0.6 is 0 Å². The summed E-state index contributed by atoms with van der Waals surface area (Å²) in [5.74, 6) is -0.981. The van der Waals surface area contributed by atoms with Gasteiger partial charge in [-0.3, -0.25) is 13.9 Å². The van der Waals surface area contributed by atoms with Gasteiger partial charge in [0.2, 0.25) is 11.8 Å². The number of nitrogens with zero attached hydrogens (tertiary/aromatic N) is 2. The van der Waals surface area contributed by atoms with Gasteiger partial charge in [-0.05, 0) is 53.9 Å². The minimum Gasteiger partial charge on any atom is -0.497 e. The van der Waals surface area contributed by atoms with Gasteiger partial charge in [0.15, 0.2) is 0 Å². The van der Waals surface area contributed by atoms with Gasteiger partial charge in [0.1, 0.15) is 24.2 Å². The van der Waals surface area contributed by atoms with Crippen molar-refractivity contribution in [2.24, 2.45) is 5.92 Å². The van der Waals surface area contributed by atoms with Gasteiger partial charge in [-0.1, -0.05) is 80.6 Å². The monoisotopic (exact) mass is 631 g/mol. The number of nitrogens with one attached hydrogen (secondary N) is 1. The van der Waals surface area contributed by atoms with Crippen molar-refractivity contribution in [3.05, 3.63) is 126 Å². The lowest BCUT2D eigenvalue weighted by Gasteiger charge is -2.34. The van der Waals surface area contributed by atoms with Crippen molar-refractivity contribution < 1.29 is 27.1 Å². The second-order valence-corrected chi connectivity index (χ2v) is 12.8. The molecular formula is C35H38FN3O5S. The molecule has 10 heteroatoms. The first-order chi connectivity index (χ1) is 21.6. The first-order valence-corrected chi connectivity index (χ1v) is 16.1. The number of anilines is 1. The van der Waals surface area contributed by atoms with Crippen LogP contribution in [0.5, 0.6) is 5.75 Å². The number of halogens is 1. The summed E-state index contributed by atoms with van der Waals surface area (Å²) < 4.78 is 49.3. The highest BCUT2D eigenvalue weighted by atomic mass is 32.2. The molecule has 236 valence electrons. The zero-order chi connectivity index (χ0) is 32.4. The molecule has 4 aromatic rings. The normalized spacial score (nSPS) is 11.9. The van der Waals surface area contributed by atoms with Gasteiger partial charge in [0, 0.05) is 25.1 Å². The second-order valence-electron chi connectivity index (χ2n) is 11.0. The van der Waals surface area contributed by atoms with Crippen LogP contribution in [0.1, 0.15) is 25.0 Å². The van der Waals surface area contributed by atoms with Crippen molar-refractivity contribution in [1.29, 1.82) is 0 Å². The molecule has 0 saturated carbocycles. The number of hydrogen-bond donors (Lipinski definition) is 1. The predicted molar refractivity (Wildman–Crippen MR) is 173 cm³/mol. The van der Waals surface area contributed by atoms with E-state index in [0.29, 0.717) is 12.3 Å². The summed E-state index contributed by atoms with van der Waals surface area (Å²) in [7, 11) is -2.74. The van der Waals surface area contributed by atoms with Crippen LogP contribution in [0.3, 0.4) is 0 Å². The molecule has 8 nitrogen and oxygen atoms in total. The fourth-order valence-electron chi connectivity index (χ4n) is 4.78. The zero-order valence-electron chi connectivity index (χ0n) is 25.6. The van der Waals surface area contributed by atoms with Crippen molar-refractivity contribution in [2.75, 3.05) is 24.5 Å². The minimum absolute atomic E-state index is 0.00946. The van der Waals surface area contributed by atoms with Crippen molar-refractivity contribution in [1.82, 2.24) is 10.2 Å². The van der Waals surface area contributed by atoms with Gasteiger partial charge in [-0.25, -0.2) is 12.8 Å². The van der Waals surface area contributed by atoms with E-state index >= 15 is 4.39 Å². The second kappa shape index (κ2) is 15.3. The van der Waals surface area contributed by atoms with Crippen LogP contribution in [0.2, 0.25) is 0 Å². The molecule has 0 heterocycles. The Morgan fingerprint density at radius 2 is 1.44 bits per heavy atom. The summed E-state index contributed by atoms with van der Waals surface area (Å²) in [6.07, 6.45) is 0.138. The van der Waals surface area contributed by atoms with Crippen LogP contribution in [0.15, 0.2) is 114 Å². The number of ether oxygens (including phenoxy) is 1. The smallest absolute Gasteiger partial charge is 0.264 e. The third-order valence-corrected chi connectivity index (χ3v) is 9.01. The number of amides is 2. The van der Waals surface area contributed by atoms with E-state index < -0.39 is 40.2 Å². The highest BCUT2D eigenvalue weighted by Crippen LogP contribution is 2.27. The molecule has 2 amide bonds. The molecule has 0 saturated heterocycles. The molecule has 0 aliphatic carbocycles. The Hall–Kier alpha value is -4.70. The van der Waals surface area contributed by atoms with Crippen molar-refractivity contribution in [3.8, 4) is 5.75 Å². The number of carbonyl (C=O) groups excluding carboxylic acids is 2. The predicted octanol–water partition coefficient (Wildman–Crippen LogP) is 5.44. The SMILES string of the molecule is COc1ccc(N(CC(=O)N(Cc2ccccc2F)C(Cc2ccccc2)C(=O)NCC(C)C)S(=O)(=O)c2ccccc2)cc1. The lowest BCUT2D eigenvalue weighted by Crippen LogP contribution is -2.53. The molecule has 4 aromatic carbocycles. The third kappa shape index (κ3) is 8.69. The Bertz CT molecular complexity index is 1670. The lowest BCUT2D eigenvalue weighted by atomic mass is 10.0. The standard InChI is InChI=1S/C35H38FN3O5S/c1-26(2)23-37-35(41)33(22-27-12-6-4-7-13-27)38(24-28-14-10-11-17-32(28)36)34(40)25-39(29-18-20-30(44-3)21-19-29)45(42,43)31-15-8-5-9-16-31/h4-21,26,33H,22-25H2,1-3H3,(H,37,41). The molecular weight excluding hydrogens is 593 g/mol. The van der Waals surface area contributed by atoms with E-state index in [1.54, 1.807) is 60.7 Å². The van der Waals surface area contributed by atoms with Crippen LogP contribution in [-0.4, -0.2) is 51.4 Å². The molecule has 4 rings (SSSR count). The Labute approximate surface area is 264 Å². The van der Waals surface area contributed by atoms with E-state index in [1.807, 2.05) is 44.2 Å². The summed E-state index contributed by atoms with van der Waals surface area (Å²) in [4.78, 5) is 29.5. The van der Waals surface area contributed by atoms with Crippen LogP contribution in [0.25, 0.3) is 0 Å². The molecule has 1 unspecified atom stereocenters. The van der Waals surface area contributed by atoms with E-state index in [-0.39, 0.29) is 35.0 Å². The Morgan fingerprint density at radius 1 is 0.844 bits per heavy atom. The van der Waals surface area contributed by atoms with Crippen molar-refractivity contribution >= 4 is 27.5 Å². The number of rotatable bonds is 14. The van der Waals surface area contributed by atoms with E-state index in [4.69, 9.17) is 4.74 Å². The number of benzene rings is 4. The zero-order valence-corrected chi connectivity index (χ0v) is 26.4. The Morgan fingerprint density at radius 3 is 2.04 bits per heavy atom. The van der Waals surface area contributed by atoms with Gasteiger partial charge < -0.3 is 15.0 Å². The number of methoxy groups -OCH3 is 1. The van der Waals surface area contributed by atoms with Gasteiger partial charge in [0.25, 0.3) is 10.0 Å². The largest absolute Gasteiger partial charge is 0.497 e. The summed E-state index contributed by atoms with van der Waals surface area (Å²) in [5.41, 5.74) is 1.21. The topological polar surface area (TPSA) is 96.0 Å². The van der Waals surface area contributed by atoms with Gasteiger partial charge in [0.05, 0.1) is 17.7 Å². The fraction of sp³-hybridized carbons (Fsp3) is 0.257. The highest BCUT2D eigenvalue weighted by molar-refractivity contribution is 7.92. The van der Waals surface area contributed by atoms with Crippen molar-refractivity contribution in [3.63, 3.8) is 0 Å². The van der Waals surface area contributed by atoms with E-state index in [2.05, 4.69) is 5.32 Å². The molecule has 0 spiro atoms. The average Bonchev–Trinajstić information content (AvgIpc) is 3.05. The highest BCUT2D eigenvalue weighted by Gasteiger charge is 2.35. The molecule has 0 aromatic heterocycles. The first-order valence-electron chi connectivity index (χ1n) is 14.7. The first kappa shape index (κ1) is 33.2. The number of sulfonamides is 1. The van der Waals surface area contributed by atoms with Gasteiger partial charge >= 0.3 is 0 Å². The summed E-state index contributed by atoms with van der Waals surface area (Å²) in [6, 6.07) is 28.2. The third-order valence-electron chi connectivity index (χ3n) is 7.22. The fourth-order valence-corrected chi connectivity index (χ4v) is 6.22. The number of carbonyl (C=O) groups is 2. The maximum absolute atomic E-state index is 15.0. The van der Waals surface area contributed by atoms with Crippen LogP contribution < -0.4 is 14.4 Å². The molecule has 0 radical (unpaired) electrons. The average molecular weight is 632 g/mol. The number of hydrogen-bond acceptors (Lipinski definition) is 5. The summed E-state index contributed by atoms with van der Waals surface area (Å²) >= 11 is 0. The van der Waals surface area contributed by atoms with Gasteiger partial charge in [-0.15, -0.1) is 0 Å². The van der Waals surface area contributed by atoms with E-state index in [9.17, 15) is 18.0 Å². The Kier molecular flexibility index (Phi) is 11.3. The van der Waals surface area contributed by atoms with E-state index in [0.717, 1.165) is 9.87 Å². The van der Waals surface area contributed by atoms with Crippen molar-refractivity contribution in [2.45, 2.75) is 37.8 Å². The molecule has 1 atom stereocenters. The van der Waals surface area contributed by atoms with Crippen LogP contribution in [-0.2, 0) is 32.6 Å². The molecule has 0 bridgehead atoms. The summed E-state index contributed by atoms with van der Waals surface area (Å²) in [6.45, 7) is 3.39.